The molecule has 3 nitrogen and oxygen atoms in total. The van der Waals surface area contributed by atoms with Gasteiger partial charge in [-0.3, -0.25) is 0 Å². The number of aryl methyl sites for hydroxylation is 1. The van der Waals surface area contributed by atoms with Gasteiger partial charge in [-0.2, -0.15) is 0 Å². The van der Waals surface area contributed by atoms with Gasteiger partial charge < -0.3 is 10.1 Å². The van der Waals surface area contributed by atoms with Crippen LogP contribution in [-0.2, 0) is 4.74 Å². The van der Waals surface area contributed by atoms with E-state index in [0.717, 1.165) is 23.1 Å². The maximum Gasteiger partial charge on any atom is 0.337 e. The summed E-state index contributed by atoms with van der Waals surface area (Å²) >= 11 is 0. The zero-order chi connectivity index (χ0) is 14.8. The van der Waals surface area contributed by atoms with Crippen molar-refractivity contribution >= 4 is 11.7 Å². The highest BCUT2D eigenvalue weighted by Crippen LogP contribution is 2.44. The monoisotopic (exact) mass is 287 g/mol. The number of carbonyl (C=O) groups excluding carboxylic acids is 1. The minimum absolute atomic E-state index is 0.267. The van der Waals surface area contributed by atoms with E-state index in [-0.39, 0.29) is 5.97 Å². The van der Waals surface area contributed by atoms with Crippen LogP contribution >= 0.6 is 0 Å². The van der Waals surface area contributed by atoms with Gasteiger partial charge >= 0.3 is 5.97 Å². The molecule has 2 unspecified atom stereocenters. The average Bonchev–Trinajstić information content (AvgIpc) is 3.33. The van der Waals surface area contributed by atoms with Crippen LogP contribution in [0.1, 0.15) is 54.4 Å². The third-order valence-corrected chi connectivity index (χ3v) is 5.01. The molecule has 2 fully saturated rings. The number of nitrogens with one attached hydrogen (secondary N) is 1. The first-order chi connectivity index (χ1) is 10.2. The van der Waals surface area contributed by atoms with Crippen LogP contribution in [0.25, 0.3) is 0 Å². The molecule has 2 atom stereocenters. The molecular formula is C18H25NO2. The molecule has 0 amide bonds. The van der Waals surface area contributed by atoms with E-state index < -0.39 is 0 Å². The molecule has 3 heteroatoms. The highest BCUT2D eigenvalue weighted by atomic mass is 16.5. The van der Waals surface area contributed by atoms with Gasteiger partial charge in [0, 0.05) is 11.7 Å². The van der Waals surface area contributed by atoms with Crippen LogP contribution in [0, 0.1) is 18.8 Å². The third kappa shape index (κ3) is 3.39. The number of benzene rings is 1. The van der Waals surface area contributed by atoms with Gasteiger partial charge in [0.25, 0.3) is 0 Å². The Morgan fingerprint density at radius 3 is 2.67 bits per heavy atom. The number of anilines is 1. The molecule has 1 aromatic rings. The molecule has 3 rings (SSSR count). The van der Waals surface area contributed by atoms with E-state index in [2.05, 4.69) is 12.2 Å². The lowest BCUT2D eigenvalue weighted by Gasteiger charge is -2.31. The van der Waals surface area contributed by atoms with E-state index in [1.54, 1.807) is 0 Å². The van der Waals surface area contributed by atoms with Crippen LogP contribution in [0.2, 0.25) is 0 Å². The summed E-state index contributed by atoms with van der Waals surface area (Å²) < 4.78 is 4.77. The summed E-state index contributed by atoms with van der Waals surface area (Å²) in [5.41, 5.74) is 2.90. The summed E-state index contributed by atoms with van der Waals surface area (Å²) in [5, 5.41) is 3.69. The first-order valence-electron chi connectivity index (χ1n) is 8.13. The smallest absolute Gasteiger partial charge is 0.337 e. The number of hydrogen-bond donors (Lipinski definition) is 1. The van der Waals surface area contributed by atoms with Crippen molar-refractivity contribution in [2.24, 2.45) is 11.8 Å². The summed E-state index contributed by atoms with van der Waals surface area (Å²) in [5.74, 6) is 1.68. The maximum atomic E-state index is 11.5. The highest BCUT2D eigenvalue weighted by molar-refractivity contribution is 5.90. The van der Waals surface area contributed by atoms with Gasteiger partial charge in [0.1, 0.15) is 0 Å². The summed E-state index contributed by atoms with van der Waals surface area (Å²) in [6.45, 7) is 2.05. The normalized spacial score (nSPS) is 25.4. The molecule has 0 spiro atoms. The highest BCUT2D eigenvalue weighted by Gasteiger charge is 2.34. The lowest BCUT2D eigenvalue weighted by atomic mass is 9.82. The molecular weight excluding hydrogens is 262 g/mol. The van der Waals surface area contributed by atoms with Crippen molar-refractivity contribution in [2.75, 3.05) is 12.4 Å². The summed E-state index contributed by atoms with van der Waals surface area (Å²) in [7, 11) is 1.42. The van der Waals surface area contributed by atoms with Gasteiger partial charge in [0.05, 0.1) is 12.7 Å². The fourth-order valence-corrected chi connectivity index (χ4v) is 3.64. The molecule has 0 radical (unpaired) electrons. The van der Waals surface area contributed by atoms with Crippen LogP contribution in [0.4, 0.5) is 5.69 Å². The fourth-order valence-electron chi connectivity index (χ4n) is 3.64. The first-order valence-corrected chi connectivity index (χ1v) is 8.13. The quantitative estimate of drug-likeness (QED) is 0.845. The maximum absolute atomic E-state index is 11.5. The van der Waals surface area contributed by atoms with E-state index in [1.807, 2.05) is 18.2 Å². The molecule has 21 heavy (non-hydrogen) atoms. The van der Waals surface area contributed by atoms with Crippen molar-refractivity contribution < 1.29 is 9.53 Å². The summed E-state index contributed by atoms with van der Waals surface area (Å²) in [6.07, 6.45) is 8.24. The molecule has 1 N–H and O–H groups in total. The molecule has 0 aliphatic heterocycles. The Bertz CT molecular complexity index is 522. The molecule has 0 saturated heterocycles. The van der Waals surface area contributed by atoms with Crippen molar-refractivity contribution in [3.8, 4) is 0 Å². The molecule has 1 aromatic carbocycles. The lowest BCUT2D eigenvalue weighted by molar-refractivity contribution is 0.0600. The van der Waals surface area contributed by atoms with Gasteiger partial charge in [-0.25, -0.2) is 4.79 Å². The first kappa shape index (κ1) is 14.4. The molecule has 114 valence electrons. The van der Waals surface area contributed by atoms with Crippen LogP contribution in [0.15, 0.2) is 18.2 Å². The molecule has 0 heterocycles. The topological polar surface area (TPSA) is 38.3 Å². The van der Waals surface area contributed by atoms with E-state index in [1.165, 1.54) is 45.6 Å². The van der Waals surface area contributed by atoms with E-state index in [9.17, 15) is 4.79 Å². The molecule has 0 aromatic heterocycles. The van der Waals surface area contributed by atoms with Crippen LogP contribution < -0.4 is 5.32 Å². The number of carbonyl (C=O) groups is 1. The van der Waals surface area contributed by atoms with E-state index in [0.29, 0.717) is 11.6 Å². The average molecular weight is 287 g/mol. The van der Waals surface area contributed by atoms with Gasteiger partial charge in [-0.1, -0.05) is 12.8 Å². The van der Waals surface area contributed by atoms with Gasteiger partial charge in [-0.05, 0) is 68.2 Å². The Hall–Kier alpha value is -1.51. The standard InChI is InChI=1S/C18H25NO2/c1-12-10-15(18(20)21-2)8-9-17(12)19-16-5-3-4-14(11-16)13-6-7-13/h8-10,13-14,16,19H,3-7,11H2,1-2H3. The van der Waals surface area contributed by atoms with E-state index >= 15 is 0 Å². The Morgan fingerprint density at radius 2 is 2.00 bits per heavy atom. The molecule has 0 bridgehead atoms. The van der Waals surface area contributed by atoms with Crippen molar-refractivity contribution in [3.63, 3.8) is 0 Å². The fraction of sp³-hybridized carbons (Fsp3) is 0.611. The van der Waals surface area contributed by atoms with Crippen LogP contribution in [0.5, 0.6) is 0 Å². The minimum atomic E-state index is -0.267. The Kier molecular flexibility index (Phi) is 4.18. The Morgan fingerprint density at radius 1 is 1.19 bits per heavy atom. The second kappa shape index (κ2) is 6.08. The molecule has 2 aliphatic carbocycles. The predicted molar refractivity (Wildman–Crippen MR) is 84.6 cm³/mol. The van der Waals surface area contributed by atoms with Crippen molar-refractivity contribution in [1.82, 2.24) is 0 Å². The van der Waals surface area contributed by atoms with Crippen molar-refractivity contribution in [2.45, 2.75) is 51.5 Å². The zero-order valence-corrected chi connectivity index (χ0v) is 13.0. The summed E-state index contributed by atoms with van der Waals surface area (Å²) in [4.78, 5) is 11.5. The number of hydrogen-bond acceptors (Lipinski definition) is 3. The lowest BCUT2D eigenvalue weighted by Crippen LogP contribution is -2.28. The minimum Gasteiger partial charge on any atom is -0.465 e. The SMILES string of the molecule is COC(=O)c1ccc(NC2CCCC(C3CC3)C2)c(C)c1. The largest absolute Gasteiger partial charge is 0.465 e. The Labute approximate surface area is 127 Å². The number of esters is 1. The number of methoxy groups -OCH3 is 1. The molecule has 2 aliphatic rings. The van der Waals surface area contributed by atoms with Crippen LogP contribution in [0.3, 0.4) is 0 Å². The number of ether oxygens (including phenoxy) is 1. The predicted octanol–water partition coefficient (Wildman–Crippen LogP) is 4.16. The summed E-state index contributed by atoms with van der Waals surface area (Å²) in [6, 6.07) is 6.37. The van der Waals surface area contributed by atoms with Crippen molar-refractivity contribution in [1.29, 1.82) is 0 Å². The Balaban J connectivity index is 1.65. The zero-order valence-electron chi connectivity index (χ0n) is 13.0. The van der Waals surface area contributed by atoms with E-state index in [4.69, 9.17) is 4.74 Å². The number of rotatable bonds is 4. The van der Waals surface area contributed by atoms with Gasteiger partial charge in [0.15, 0.2) is 0 Å². The van der Waals surface area contributed by atoms with Crippen LogP contribution in [-0.4, -0.2) is 19.1 Å². The molecule has 2 saturated carbocycles. The van der Waals surface area contributed by atoms with Gasteiger partial charge in [-0.15, -0.1) is 0 Å². The second-order valence-corrected chi connectivity index (χ2v) is 6.63. The third-order valence-electron chi connectivity index (χ3n) is 5.01. The van der Waals surface area contributed by atoms with Gasteiger partial charge in [0.2, 0.25) is 0 Å². The second-order valence-electron chi connectivity index (χ2n) is 6.63. The van der Waals surface area contributed by atoms with Crippen molar-refractivity contribution in [3.05, 3.63) is 29.3 Å².